The molecule has 5 nitrogen and oxygen atoms in total. The Morgan fingerprint density at radius 3 is 2.34 bits per heavy atom. The fourth-order valence-corrected chi connectivity index (χ4v) is 3.46. The summed E-state index contributed by atoms with van der Waals surface area (Å²) in [5.41, 5.74) is -1.16. The maximum Gasteiger partial charge on any atom is 0.416 e. The molecule has 0 saturated heterocycles. The zero-order valence-corrected chi connectivity index (χ0v) is 15.9. The molecule has 0 heterocycles. The number of hydrogen-bond donors (Lipinski definition) is 1. The highest BCUT2D eigenvalue weighted by atomic mass is 32.2. The summed E-state index contributed by atoms with van der Waals surface area (Å²) in [5, 5.41) is 2.33. The maximum atomic E-state index is 13.1. The molecule has 2 rings (SSSR count). The van der Waals surface area contributed by atoms with Crippen LogP contribution in [0.25, 0.3) is 0 Å². The van der Waals surface area contributed by atoms with Crippen molar-refractivity contribution < 1.29 is 35.2 Å². The number of halogens is 5. The fraction of sp³-hybridized carbons (Fsp3) is 0.278. The zero-order chi connectivity index (χ0) is 21.8. The summed E-state index contributed by atoms with van der Waals surface area (Å²) in [7, 11) is -3.90. The third-order valence-corrected chi connectivity index (χ3v) is 5.02. The standard InChI is InChI=1S/C18H17F5N2O3S/c1-29(27,28)25(14-5-2-4-12(10-14)18(21,22)23)9-3-6-17(26)24-13-7-8-15(19)16(20)11-13/h2,4-5,7-8,10-11H,3,6,9H2,1H3,(H,24,26). The monoisotopic (exact) mass is 436 g/mol. The normalized spacial score (nSPS) is 11.9. The van der Waals surface area contributed by atoms with E-state index in [-0.39, 0.29) is 30.8 Å². The Kier molecular flexibility index (Phi) is 6.83. The molecule has 0 radical (unpaired) electrons. The molecule has 11 heteroatoms. The summed E-state index contributed by atoms with van der Waals surface area (Å²) >= 11 is 0. The number of benzene rings is 2. The average molecular weight is 436 g/mol. The lowest BCUT2D eigenvalue weighted by atomic mass is 10.2. The van der Waals surface area contributed by atoms with Crippen LogP contribution >= 0.6 is 0 Å². The summed E-state index contributed by atoms with van der Waals surface area (Å²) in [5.74, 6) is -2.81. The third-order valence-electron chi connectivity index (χ3n) is 3.83. The summed E-state index contributed by atoms with van der Waals surface area (Å²) in [6.45, 7) is -0.245. The largest absolute Gasteiger partial charge is 0.416 e. The van der Waals surface area contributed by atoms with E-state index in [0.29, 0.717) is 6.07 Å². The van der Waals surface area contributed by atoms with Crippen LogP contribution in [0.3, 0.4) is 0 Å². The lowest BCUT2D eigenvalue weighted by Crippen LogP contribution is -2.31. The quantitative estimate of drug-likeness (QED) is 0.663. The summed E-state index contributed by atoms with van der Waals surface area (Å²) in [6, 6.07) is 6.62. The Labute approximate surface area is 164 Å². The lowest BCUT2D eigenvalue weighted by Gasteiger charge is -2.23. The van der Waals surface area contributed by atoms with Crippen LogP contribution in [0.4, 0.5) is 33.3 Å². The van der Waals surface area contributed by atoms with E-state index in [0.717, 1.165) is 40.9 Å². The van der Waals surface area contributed by atoms with E-state index in [1.807, 2.05) is 0 Å². The first kappa shape index (κ1) is 22.6. The Bertz CT molecular complexity index is 993. The molecule has 0 aliphatic heterocycles. The number of sulfonamides is 1. The van der Waals surface area contributed by atoms with Crippen LogP contribution in [0.1, 0.15) is 18.4 Å². The first-order valence-electron chi connectivity index (χ1n) is 8.28. The number of carbonyl (C=O) groups is 1. The predicted molar refractivity (Wildman–Crippen MR) is 97.9 cm³/mol. The van der Waals surface area contributed by atoms with Gasteiger partial charge >= 0.3 is 6.18 Å². The summed E-state index contributed by atoms with van der Waals surface area (Å²) < 4.78 is 89.4. The van der Waals surface area contributed by atoms with Gasteiger partial charge in [-0.05, 0) is 36.8 Å². The molecular formula is C18H17F5N2O3S. The molecule has 0 aliphatic rings. The van der Waals surface area contributed by atoms with Gasteiger partial charge in [-0.25, -0.2) is 17.2 Å². The topological polar surface area (TPSA) is 66.5 Å². The van der Waals surface area contributed by atoms with Crippen molar-refractivity contribution in [3.63, 3.8) is 0 Å². The minimum atomic E-state index is -4.64. The van der Waals surface area contributed by atoms with Gasteiger partial charge in [0, 0.05) is 24.7 Å². The van der Waals surface area contributed by atoms with Crippen molar-refractivity contribution in [1.29, 1.82) is 0 Å². The van der Waals surface area contributed by atoms with Gasteiger partial charge in [-0.3, -0.25) is 9.10 Å². The van der Waals surface area contributed by atoms with Gasteiger partial charge in [-0.2, -0.15) is 13.2 Å². The molecular weight excluding hydrogens is 419 g/mol. The first-order valence-corrected chi connectivity index (χ1v) is 10.1. The molecule has 0 fully saturated rings. The van der Waals surface area contributed by atoms with Crippen LogP contribution in [-0.4, -0.2) is 27.1 Å². The van der Waals surface area contributed by atoms with Crippen molar-refractivity contribution in [2.24, 2.45) is 0 Å². The fourth-order valence-electron chi connectivity index (χ4n) is 2.50. The third kappa shape index (κ3) is 6.41. The highest BCUT2D eigenvalue weighted by Gasteiger charge is 2.31. The van der Waals surface area contributed by atoms with E-state index in [9.17, 15) is 35.2 Å². The number of rotatable bonds is 7. The molecule has 1 N–H and O–H groups in total. The van der Waals surface area contributed by atoms with E-state index < -0.39 is 39.3 Å². The van der Waals surface area contributed by atoms with Crippen LogP contribution in [0.5, 0.6) is 0 Å². The molecule has 29 heavy (non-hydrogen) atoms. The van der Waals surface area contributed by atoms with Gasteiger partial charge in [0.15, 0.2) is 11.6 Å². The first-order chi connectivity index (χ1) is 13.4. The Morgan fingerprint density at radius 1 is 1.07 bits per heavy atom. The number of hydrogen-bond acceptors (Lipinski definition) is 3. The lowest BCUT2D eigenvalue weighted by molar-refractivity contribution is -0.137. The maximum absolute atomic E-state index is 13.1. The van der Waals surface area contributed by atoms with Crippen LogP contribution in [0.2, 0.25) is 0 Å². The average Bonchev–Trinajstić information content (AvgIpc) is 2.60. The highest BCUT2D eigenvalue weighted by molar-refractivity contribution is 7.92. The van der Waals surface area contributed by atoms with Gasteiger partial charge in [0.05, 0.1) is 17.5 Å². The molecule has 0 aromatic heterocycles. The number of nitrogens with zero attached hydrogens (tertiary/aromatic N) is 1. The van der Waals surface area contributed by atoms with Gasteiger partial charge in [-0.1, -0.05) is 6.07 Å². The Morgan fingerprint density at radius 2 is 1.76 bits per heavy atom. The van der Waals surface area contributed by atoms with E-state index in [1.54, 1.807) is 0 Å². The molecule has 0 atom stereocenters. The van der Waals surface area contributed by atoms with Crippen LogP contribution in [0, 0.1) is 11.6 Å². The predicted octanol–water partition coefficient (Wildman–Crippen LogP) is 4.17. The van der Waals surface area contributed by atoms with Gasteiger partial charge in [0.2, 0.25) is 15.9 Å². The van der Waals surface area contributed by atoms with E-state index in [4.69, 9.17) is 0 Å². The second-order valence-electron chi connectivity index (χ2n) is 6.16. The second-order valence-corrected chi connectivity index (χ2v) is 8.07. The van der Waals surface area contributed by atoms with Gasteiger partial charge < -0.3 is 5.32 Å². The molecule has 2 aromatic carbocycles. The SMILES string of the molecule is CS(=O)(=O)N(CCCC(=O)Nc1ccc(F)c(F)c1)c1cccc(C(F)(F)F)c1. The van der Waals surface area contributed by atoms with Crippen molar-refractivity contribution in [2.45, 2.75) is 19.0 Å². The summed E-state index contributed by atoms with van der Waals surface area (Å²) in [4.78, 5) is 11.9. The summed E-state index contributed by atoms with van der Waals surface area (Å²) in [6.07, 6.45) is -4.00. The van der Waals surface area contributed by atoms with Crippen molar-refractivity contribution in [2.75, 3.05) is 22.4 Å². The number of amides is 1. The number of anilines is 2. The number of alkyl halides is 3. The number of nitrogens with one attached hydrogen (secondary N) is 1. The molecule has 0 spiro atoms. The highest BCUT2D eigenvalue weighted by Crippen LogP contribution is 2.32. The van der Waals surface area contributed by atoms with Crippen molar-refractivity contribution in [3.05, 3.63) is 59.7 Å². The van der Waals surface area contributed by atoms with Gasteiger partial charge in [-0.15, -0.1) is 0 Å². The van der Waals surface area contributed by atoms with Gasteiger partial charge in [0.1, 0.15) is 0 Å². The zero-order valence-electron chi connectivity index (χ0n) is 15.1. The second kappa shape index (κ2) is 8.76. The smallest absolute Gasteiger partial charge is 0.326 e. The van der Waals surface area contributed by atoms with Crippen LogP contribution in [0.15, 0.2) is 42.5 Å². The van der Waals surface area contributed by atoms with Crippen molar-refractivity contribution in [1.82, 2.24) is 0 Å². The number of carbonyl (C=O) groups excluding carboxylic acids is 1. The molecule has 1 amide bonds. The van der Waals surface area contributed by atoms with Crippen molar-refractivity contribution >= 4 is 27.3 Å². The molecule has 0 aliphatic carbocycles. The minimum absolute atomic E-state index is 0.0151. The van der Waals surface area contributed by atoms with Crippen molar-refractivity contribution in [3.8, 4) is 0 Å². The van der Waals surface area contributed by atoms with E-state index >= 15 is 0 Å². The van der Waals surface area contributed by atoms with E-state index in [2.05, 4.69) is 5.32 Å². The molecule has 0 bridgehead atoms. The van der Waals surface area contributed by atoms with Crippen LogP contribution in [-0.2, 0) is 21.0 Å². The minimum Gasteiger partial charge on any atom is -0.326 e. The Hall–Kier alpha value is -2.69. The van der Waals surface area contributed by atoms with Gasteiger partial charge in [0.25, 0.3) is 0 Å². The molecule has 0 unspecified atom stereocenters. The molecule has 0 saturated carbocycles. The molecule has 2 aromatic rings. The van der Waals surface area contributed by atoms with Crippen LogP contribution < -0.4 is 9.62 Å². The van der Waals surface area contributed by atoms with E-state index in [1.165, 1.54) is 6.07 Å². The Balaban J connectivity index is 2.05. The molecule has 158 valence electrons.